The SMILES string of the molecule is CC(=O)N(/N=C1\C(=O)Nc2ccccc21)Oc1ccccc1. The molecule has 1 aliphatic heterocycles. The average molecular weight is 295 g/mol. The molecule has 6 nitrogen and oxygen atoms in total. The number of nitrogens with one attached hydrogen (secondary N) is 1. The molecule has 0 spiro atoms. The van der Waals surface area contributed by atoms with Crippen molar-refractivity contribution >= 4 is 23.2 Å². The second-order valence-electron chi connectivity index (χ2n) is 4.64. The molecule has 0 saturated carbocycles. The van der Waals surface area contributed by atoms with Crippen LogP contribution < -0.4 is 10.2 Å². The number of fused-ring (bicyclic) bond motifs is 1. The lowest BCUT2D eigenvalue weighted by atomic mass is 10.1. The molecule has 0 aliphatic carbocycles. The number of benzene rings is 2. The van der Waals surface area contributed by atoms with Crippen molar-refractivity contribution in [2.24, 2.45) is 5.10 Å². The lowest BCUT2D eigenvalue weighted by Crippen LogP contribution is -2.30. The van der Waals surface area contributed by atoms with E-state index in [2.05, 4.69) is 10.4 Å². The molecule has 2 aromatic carbocycles. The minimum atomic E-state index is -0.437. The van der Waals surface area contributed by atoms with Crippen LogP contribution in [-0.2, 0) is 9.59 Å². The van der Waals surface area contributed by atoms with Crippen LogP contribution in [0.4, 0.5) is 5.69 Å². The van der Waals surface area contributed by atoms with E-state index in [1.165, 1.54) is 6.92 Å². The molecule has 0 bridgehead atoms. The summed E-state index contributed by atoms with van der Waals surface area (Å²) in [5, 5.41) is 7.56. The van der Waals surface area contributed by atoms with Gasteiger partial charge in [0.05, 0.1) is 5.69 Å². The van der Waals surface area contributed by atoms with E-state index in [0.29, 0.717) is 17.0 Å². The van der Waals surface area contributed by atoms with Gasteiger partial charge in [0.1, 0.15) is 0 Å². The maximum Gasteiger partial charge on any atom is 0.277 e. The Morgan fingerprint density at radius 3 is 2.50 bits per heavy atom. The van der Waals surface area contributed by atoms with Gasteiger partial charge >= 0.3 is 0 Å². The molecule has 0 fully saturated rings. The molecule has 1 aliphatic rings. The van der Waals surface area contributed by atoms with Gasteiger partial charge in [0.25, 0.3) is 11.8 Å². The summed E-state index contributed by atoms with van der Waals surface area (Å²) in [5.41, 5.74) is 1.44. The van der Waals surface area contributed by atoms with Gasteiger partial charge in [-0.2, -0.15) is 0 Å². The first-order valence-electron chi connectivity index (χ1n) is 6.68. The molecule has 1 heterocycles. The number of hydroxylamine groups is 1. The van der Waals surface area contributed by atoms with Gasteiger partial charge in [0.15, 0.2) is 11.5 Å². The van der Waals surface area contributed by atoms with Crippen LogP contribution in [-0.4, -0.2) is 22.7 Å². The molecular weight excluding hydrogens is 282 g/mol. The average Bonchev–Trinajstić information content (AvgIpc) is 2.83. The third kappa shape index (κ3) is 2.67. The van der Waals surface area contributed by atoms with E-state index in [1.807, 2.05) is 12.1 Å². The molecule has 0 radical (unpaired) electrons. The van der Waals surface area contributed by atoms with E-state index in [-0.39, 0.29) is 11.6 Å². The number of hydrazone groups is 1. The monoisotopic (exact) mass is 295 g/mol. The van der Waals surface area contributed by atoms with Crippen LogP contribution in [0.15, 0.2) is 59.7 Å². The zero-order valence-electron chi connectivity index (χ0n) is 11.8. The third-order valence-corrected chi connectivity index (χ3v) is 3.04. The number of hydrogen-bond acceptors (Lipinski definition) is 4. The number of para-hydroxylation sites is 2. The van der Waals surface area contributed by atoms with Crippen LogP contribution in [0.1, 0.15) is 12.5 Å². The van der Waals surface area contributed by atoms with Gasteiger partial charge in [-0.1, -0.05) is 41.6 Å². The molecule has 2 aromatic rings. The largest absolute Gasteiger partial charge is 0.355 e. The Labute approximate surface area is 127 Å². The predicted octanol–water partition coefficient (Wildman–Crippen LogP) is 2.19. The number of anilines is 1. The highest BCUT2D eigenvalue weighted by atomic mass is 16.7. The van der Waals surface area contributed by atoms with Crippen molar-refractivity contribution in [3.05, 3.63) is 60.2 Å². The summed E-state index contributed by atoms with van der Waals surface area (Å²) in [7, 11) is 0. The summed E-state index contributed by atoms with van der Waals surface area (Å²) < 4.78 is 0. The molecule has 0 unspecified atom stereocenters. The van der Waals surface area contributed by atoms with Crippen LogP contribution in [0.3, 0.4) is 0 Å². The van der Waals surface area contributed by atoms with Crippen LogP contribution in [0.25, 0.3) is 0 Å². The van der Waals surface area contributed by atoms with E-state index in [9.17, 15) is 9.59 Å². The number of amides is 2. The molecule has 3 rings (SSSR count). The van der Waals surface area contributed by atoms with Crippen LogP contribution in [0.5, 0.6) is 5.75 Å². The Hall–Kier alpha value is -3.15. The highest BCUT2D eigenvalue weighted by Gasteiger charge is 2.27. The third-order valence-electron chi connectivity index (χ3n) is 3.04. The van der Waals surface area contributed by atoms with E-state index in [1.54, 1.807) is 42.5 Å². The lowest BCUT2D eigenvalue weighted by molar-refractivity contribution is -0.154. The van der Waals surface area contributed by atoms with Gasteiger partial charge in [-0.05, 0) is 18.2 Å². The fraction of sp³-hybridized carbons (Fsp3) is 0.0625. The minimum Gasteiger partial charge on any atom is -0.355 e. The maximum atomic E-state index is 12.0. The van der Waals surface area contributed by atoms with Crippen LogP contribution >= 0.6 is 0 Å². The normalized spacial score (nSPS) is 14.4. The van der Waals surface area contributed by atoms with Crippen molar-refractivity contribution < 1.29 is 14.4 Å². The van der Waals surface area contributed by atoms with Crippen molar-refractivity contribution in [2.45, 2.75) is 6.92 Å². The van der Waals surface area contributed by atoms with E-state index in [4.69, 9.17) is 4.84 Å². The zero-order chi connectivity index (χ0) is 15.5. The molecule has 22 heavy (non-hydrogen) atoms. The second kappa shape index (κ2) is 5.69. The molecule has 110 valence electrons. The topological polar surface area (TPSA) is 71.0 Å². The summed E-state index contributed by atoms with van der Waals surface area (Å²) >= 11 is 0. The molecule has 0 atom stereocenters. The van der Waals surface area contributed by atoms with Gasteiger partial charge in [0.2, 0.25) is 0 Å². The molecular formula is C16H13N3O3. The van der Waals surface area contributed by atoms with Gasteiger partial charge in [-0.15, -0.1) is 5.10 Å². The number of hydrogen-bond donors (Lipinski definition) is 1. The first-order chi connectivity index (χ1) is 10.6. The summed E-state index contributed by atoms with van der Waals surface area (Å²) in [5.74, 6) is -0.355. The lowest BCUT2D eigenvalue weighted by Gasteiger charge is -2.15. The first kappa shape index (κ1) is 13.8. The Balaban J connectivity index is 1.93. The summed E-state index contributed by atoms with van der Waals surface area (Å²) in [6.07, 6.45) is 0. The smallest absolute Gasteiger partial charge is 0.277 e. The molecule has 0 saturated heterocycles. The Morgan fingerprint density at radius 2 is 1.77 bits per heavy atom. The summed E-state index contributed by atoms with van der Waals surface area (Å²) in [6, 6.07) is 15.9. The highest BCUT2D eigenvalue weighted by Crippen LogP contribution is 2.23. The number of carbonyl (C=O) groups is 2. The Bertz CT molecular complexity index is 756. The quantitative estimate of drug-likeness (QED) is 0.882. The number of rotatable bonds is 3. The number of nitrogens with zero attached hydrogens (tertiary/aromatic N) is 2. The first-order valence-corrected chi connectivity index (χ1v) is 6.68. The minimum absolute atomic E-state index is 0.140. The zero-order valence-corrected chi connectivity index (χ0v) is 11.8. The maximum absolute atomic E-state index is 12.0. The van der Waals surface area contributed by atoms with E-state index in [0.717, 1.165) is 5.17 Å². The Morgan fingerprint density at radius 1 is 1.09 bits per heavy atom. The van der Waals surface area contributed by atoms with Gasteiger partial charge in [0, 0.05) is 12.5 Å². The van der Waals surface area contributed by atoms with Crippen LogP contribution in [0, 0.1) is 0 Å². The molecule has 1 N–H and O–H groups in total. The van der Waals surface area contributed by atoms with Gasteiger partial charge < -0.3 is 10.2 Å². The second-order valence-corrected chi connectivity index (χ2v) is 4.64. The van der Waals surface area contributed by atoms with Crippen molar-refractivity contribution in [2.75, 3.05) is 5.32 Å². The summed E-state index contributed by atoms with van der Waals surface area (Å²) in [6.45, 7) is 1.31. The van der Waals surface area contributed by atoms with Crippen molar-refractivity contribution in [3.8, 4) is 5.75 Å². The molecule has 6 heteroatoms. The molecule has 0 aromatic heterocycles. The standard InChI is InChI=1S/C16H13N3O3/c1-11(20)19(22-12-7-3-2-4-8-12)18-15-13-9-5-6-10-14(13)17-16(15)21/h2-10H,1H3,(H,17,18,21). The summed E-state index contributed by atoms with van der Waals surface area (Å²) in [4.78, 5) is 29.1. The van der Waals surface area contributed by atoms with E-state index >= 15 is 0 Å². The van der Waals surface area contributed by atoms with Crippen LogP contribution in [0.2, 0.25) is 0 Å². The molecule has 2 amide bonds. The fourth-order valence-electron chi connectivity index (χ4n) is 2.03. The predicted molar refractivity (Wildman–Crippen MR) is 81.2 cm³/mol. The van der Waals surface area contributed by atoms with Gasteiger partial charge in [-0.3, -0.25) is 9.59 Å². The highest BCUT2D eigenvalue weighted by molar-refractivity contribution is 6.53. The fourth-order valence-corrected chi connectivity index (χ4v) is 2.03. The van der Waals surface area contributed by atoms with Crippen molar-refractivity contribution in [3.63, 3.8) is 0 Å². The van der Waals surface area contributed by atoms with Gasteiger partial charge in [-0.25, -0.2) is 0 Å². The van der Waals surface area contributed by atoms with Crippen molar-refractivity contribution in [1.29, 1.82) is 0 Å². The van der Waals surface area contributed by atoms with Crippen molar-refractivity contribution in [1.82, 2.24) is 5.17 Å². The number of carbonyl (C=O) groups excluding carboxylic acids is 2. The van der Waals surface area contributed by atoms with E-state index < -0.39 is 5.91 Å². The Kier molecular flexibility index (Phi) is 3.57.